The summed E-state index contributed by atoms with van der Waals surface area (Å²) in [7, 11) is 1.63. The maximum Gasteiger partial charge on any atom is 0.304 e. The molecule has 16 heavy (non-hydrogen) atoms. The highest BCUT2D eigenvalue weighted by Crippen LogP contribution is 2.25. The van der Waals surface area contributed by atoms with Crippen molar-refractivity contribution in [1.82, 2.24) is 4.98 Å². The summed E-state index contributed by atoms with van der Waals surface area (Å²) in [4.78, 5) is 27.0. The lowest BCUT2D eigenvalue weighted by Gasteiger charge is -2.27. The van der Waals surface area contributed by atoms with E-state index in [1.54, 1.807) is 39.4 Å². The number of nitrogens with zero attached hydrogens (tertiary/aromatic N) is 1. The Morgan fingerprint density at radius 1 is 1.50 bits per heavy atom. The van der Waals surface area contributed by atoms with E-state index in [0.717, 1.165) is 5.69 Å². The zero-order valence-corrected chi connectivity index (χ0v) is 9.65. The lowest BCUT2D eigenvalue weighted by atomic mass is 9.87. The van der Waals surface area contributed by atoms with Crippen LogP contribution in [0.5, 0.6) is 0 Å². The Morgan fingerprint density at radius 3 is 2.56 bits per heavy atom. The number of carboxylic acids is 1. The average Bonchev–Trinajstić information content (AvgIpc) is 2.66. The van der Waals surface area contributed by atoms with Crippen LogP contribution in [0.4, 0.5) is 5.69 Å². The number of carbonyl (C=O) groups excluding carboxylic acids is 1. The van der Waals surface area contributed by atoms with Crippen LogP contribution in [0.2, 0.25) is 0 Å². The van der Waals surface area contributed by atoms with E-state index in [9.17, 15) is 9.59 Å². The first-order valence-corrected chi connectivity index (χ1v) is 4.97. The van der Waals surface area contributed by atoms with E-state index >= 15 is 0 Å². The molecule has 0 aromatic carbocycles. The fraction of sp³-hybridized carbons (Fsp3) is 0.455. The SMILES string of the molecule is CN(C(=O)C(C)(C)CC(=O)O)c1cc[nH]c1. The van der Waals surface area contributed by atoms with Crippen LogP contribution in [-0.4, -0.2) is 29.0 Å². The van der Waals surface area contributed by atoms with Crippen molar-refractivity contribution in [2.45, 2.75) is 20.3 Å². The molecule has 1 heterocycles. The van der Waals surface area contributed by atoms with Crippen LogP contribution >= 0.6 is 0 Å². The average molecular weight is 224 g/mol. The second kappa shape index (κ2) is 4.38. The smallest absolute Gasteiger partial charge is 0.304 e. The van der Waals surface area contributed by atoms with Gasteiger partial charge in [0, 0.05) is 19.4 Å². The minimum atomic E-state index is -0.971. The molecule has 0 aliphatic heterocycles. The Balaban J connectivity index is 2.81. The largest absolute Gasteiger partial charge is 0.481 e. The van der Waals surface area contributed by atoms with E-state index in [1.807, 2.05) is 0 Å². The molecule has 2 N–H and O–H groups in total. The van der Waals surface area contributed by atoms with Gasteiger partial charge < -0.3 is 15.0 Å². The lowest BCUT2D eigenvalue weighted by molar-refractivity contribution is -0.143. The van der Waals surface area contributed by atoms with Crippen LogP contribution in [0, 0.1) is 5.41 Å². The molecule has 0 atom stereocenters. The standard InChI is InChI=1S/C11H16N2O3/c1-11(2,6-9(14)15)10(16)13(3)8-4-5-12-7-8/h4-5,7,12H,6H2,1-3H3,(H,14,15). The molecule has 0 bridgehead atoms. The van der Waals surface area contributed by atoms with Crippen molar-refractivity contribution in [3.05, 3.63) is 18.5 Å². The fourth-order valence-corrected chi connectivity index (χ4v) is 1.55. The number of nitrogens with one attached hydrogen (secondary N) is 1. The van der Waals surface area contributed by atoms with Gasteiger partial charge in [-0.2, -0.15) is 0 Å². The van der Waals surface area contributed by atoms with Gasteiger partial charge in [-0.3, -0.25) is 9.59 Å². The highest BCUT2D eigenvalue weighted by molar-refractivity contribution is 5.98. The predicted molar refractivity (Wildman–Crippen MR) is 60.2 cm³/mol. The number of hydrogen-bond acceptors (Lipinski definition) is 2. The molecule has 0 radical (unpaired) electrons. The van der Waals surface area contributed by atoms with Crippen molar-refractivity contribution < 1.29 is 14.7 Å². The zero-order chi connectivity index (χ0) is 12.3. The van der Waals surface area contributed by atoms with Crippen LogP contribution in [0.25, 0.3) is 0 Å². The van der Waals surface area contributed by atoms with Crippen molar-refractivity contribution in [1.29, 1.82) is 0 Å². The van der Waals surface area contributed by atoms with Gasteiger partial charge in [0.05, 0.1) is 17.5 Å². The Kier molecular flexibility index (Phi) is 3.37. The molecule has 1 aromatic heterocycles. The van der Waals surface area contributed by atoms with E-state index in [4.69, 9.17) is 5.11 Å². The van der Waals surface area contributed by atoms with Gasteiger partial charge in [-0.15, -0.1) is 0 Å². The summed E-state index contributed by atoms with van der Waals surface area (Å²) in [5, 5.41) is 8.73. The monoisotopic (exact) mass is 224 g/mol. The fourth-order valence-electron chi connectivity index (χ4n) is 1.55. The highest BCUT2D eigenvalue weighted by atomic mass is 16.4. The molecule has 5 heteroatoms. The molecule has 0 aliphatic carbocycles. The molecule has 0 unspecified atom stereocenters. The first-order valence-electron chi connectivity index (χ1n) is 4.97. The van der Waals surface area contributed by atoms with Crippen LogP contribution in [0.15, 0.2) is 18.5 Å². The summed E-state index contributed by atoms with van der Waals surface area (Å²) in [5.41, 5.74) is -0.179. The summed E-state index contributed by atoms with van der Waals surface area (Å²) in [6, 6.07) is 1.76. The molecular formula is C11H16N2O3. The Morgan fingerprint density at radius 2 is 2.12 bits per heavy atom. The molecule has 1 amide bonds. The number of aliphatic carboxylic acids is 1. The van der Waals surface area contributed by atoms with Gasteiger partial charge in [0.1, 0.15) is 0 Å². The minimum Gasteiger partial charge on any atom is -0.481 e. The Bertz CT molecular complexity index is 382. The van der Waals surface area contributed by atoms with E-state index in [-0.39, 0.29) is 12.3 Å². The van der Waals surface area contributed by atoms with Crippen LogP contribution in [0.3, 0.4) is 0 Å². The number of carbonyl (C=O) groups is 2. The maximum atomic E-state index is 12.0. The number of hydrogen-bond donors (Lipinski definition) is 2. The molecule has 88 valence electrons. The molecule has 1 aromatic rings. The van der Waals surface area contributed by atoms with Gasteiger partial charge in [-0.25, -0.2) is 0 Å². The van der Waals surface area contributed by atoms with Gasteiger partial charge in [0.2, 0.25) is 5.91 Å². The second-order valence-electron chi connectivity index (χ2n) is 4.39. The van der Waals surface area contributed by atoms with Crippen molar-refractivity contribution in [2.24, 2.45) is 5.41 Å². The summed E-state index contributed by atoms with van der Waals surface area (Å²) in [6.45, 7) is 3.26. The normalized spacial score (nSPS) is 11.2. The van der Waals surface area contributed by atoms with Gasteiger partial charge >= 0.3 is 5.97 Å². The summed E-state index contributed by atoms with van der Waals surface area (Å²) in [6.07, 6.45) is 3.22. The topological polar surface area (TPSA) is 73.4 Å². The number of aromatic nitrogens is 1. The molecule has 0 aliphatic rings. The molecule has 0 saturated heterocycles. The van der Waals surface area contributed by atoms with Crippen molar-refractivity contribution in [3.63, 3.8) is 0 Å². The summed E-state index contributed by atoms with van der Waals surface area (Å²) >= 11 is 0. The minimum absolute atomic E-state index is 0.180. The number of rotatable bonds is 4. The number of H-pyrrole nitrogens is 1. The Hall–Kier alpha value is -1.78. The molecule has 5 nitrogen and oxygen atoms in total. The molecule has 0 spiro atoms. The summed E-state index contributed by atoms with van der Waals surface area (Å²) < 4.78 is 0. The predicted octanol–water partition coefficient (Wildman–Crippen LogP) is 1.48. The molecule has 1 rings (SSSR count). The third kappa shape index (κ3) is 2.62. The van der Waals surface area contributed by atoms with E-state index in [1.165, 1.54) is 4.90 Å². The first kappa shape index (κ1) is 12.3. The van der Waals surface area contributed by atoms with E-state index in [2.05, 4.69) is 4.98 Å². The van der Waals surface area contributed by atoms with Crippen molar-refractivity contribution >= 4 is 17.6 Å². The summed E-state index contributed by atoms with van der Waals surface area (Å²) in [5.74, 6) is -1.18. The van der Waals surface area contributed by atoms with Crippen molar-refractivity contribution in [3.8, 4) is 0 Å². The molecule has 0 saturated carbocycles. The van der Waals surface area contributed by atoms with E-state index in [0.29, 0.717) is 0 Å². The van der Waals surface area contributed by atoms with Crippen LogP contribution in [-0.2, 0) is 9.59 Å². The number of anilines is 1. The maximum absolute atomic E-state index is 12.0. The molecular weight excluding hydrogens is 208 g/mol. The van der Waals surface area contributed by atoms with E-state index < -0.39 is 11.4 Å². The number of carboxylic acid groups (broad SMARTS) is 1. The third-order valence-electron chi connectivity index (χ3n) is 2.45. The van der Waals surface area contributed by atoms with Crippen LogP contribution < -0.4 is 4.90 Å². The zero-order valence-electron chi connectivity index (χ0n) is 9.65. The van der Waals surface area contributed by atoms with Crippen molar-refractivity contribution in [2.75, 3.05) is 11.9 Å². The number of amides is 1. The number of aromatic amines is 1. The van der Waals surface area contributed by atoms with Gasteiger partial charge in [0.15, 0.2) is 0 Å². The van der Waals surface area contributed by atoms with Gasteiger partial charge in [-0.1, -0.05) is 13.8 Å². The quantitative estimate of drug-likeness (QED) is 0.813. The van der Waals surface area contributed by atoms with Gasteiger partial charge in [-0.05, 0) is 6.07 Å². The highest BCUT2D eigenvalue weighted by Gasteiger charge is 2.33. The lowest BCUT2D eigenvalue weighted by Crippen LogP contribution is -2.39. The van der Waals surface area contributed by atoms with Gasteiger partial charge in [0.25, 0.3) is 0 Å². The molecule has 0 fully saturated rings. The van der Waals surface area contributed by atoms with Crippen LogP contribution in [0.1, 0.15) is 20.3 Å². The Labute approximate surface area is 94.1 Å². The first-order chi connectivity index (χ1) is 7.34. The second-order valence-corrected chi connectivity index (χ2v) is 4.39. The third-order valence-corrected chi connectivity index (χ3v) is 2.45.